The van der Waals surface area contributed by atoms with Gasteiger partial charge in [-0.05, 0) is 53.9 Å². The Kier molecular flexibility index (Phi) is 4.21. The summed E-state index contributed by atoms with van der Waals surface area (Å²) in [5.41, 5.74) is -0.157. The van der Waals surface area contributed by atoms with Gasteiger partial charge >= 0.3 is 0 Å². The van der Waals surface area contributed by atoms with Crippen molar-refractivity contribution < 1.29 is 4.79 Å². The maximum Gasteiger partial charge on any atom is 0.237 e. The Labute approximate surface area is 117 Å². The lowest BCUT2D eigenvalue weighted by atomic mass is 10.1. The second-order valence-corrected chi connectivity index (χ2v) is 7.34. The first-order valence-corrected chi connectivity index (χ1v) is 7.60. The molecule has 0 bridgehead atoms. The van der Waals surface area contributed by atoms with Crippen molar-refractivity contribution in [1.82, 2.24) is 15.5 Å². The van der Waals surface area contributed by atoms with Crippen LogP contribution in [0.4, 0.5) is 0 Å². The second kappa shape index (κ2) is 5.41. The molecule has 3 unspecified atom stereocenters. The van der Waals surface area contributed by atoms with Gasteiger partial charge in [0.25, 0.3) is 0 Å². The van der Waals surface area contributed by atoms with Gasteiger partial charge in [0.1, 0.15) is 0 Å². The van der Waals surface area contributed by atoms with Gasteiger partial charge in [-0.1, -0.05) is 0 Å². The first-order valence-electron chi connectivity index (χ1n) is 7.60. The molecule has 0 radical (unpaired) electrons. The maximum atomic E-state index is 12.1. The lowest BCUT2D eigenvalue weighted by Crippen LogP contribution is -2.52. The van der Waals surface area contributed by atoms with E-state index in [1.807, 2.05) is 27.7 Å². The molecule has 2 aliphatic rings. The minimum Gasteiger partial charge on any atom is -0.350 e. The molecule has 2 rings (SSSR count). The number of amides is 1. The van der Waals surface area contributed by atoms with E-state index in [-0.39, 0.29) is 17.5 Å². The van der Waals surface area contributed by atoms with Gasteiger partial charge in [0.2, 0.25) is 5.91 Å². The van der Waals surface area contributed by atoms with E-state index in [0.29, 0.717) is 12.1 Å². The zero-order chi connectivity index (χ0) is 14.2. The van der Waals surface area contributed by atoms with Crippen LogP contribution in [-0.4, -0.2) is 47.1 Å². The highest BCUT2D eigenvalue weighted by atomic mass is 16.2. The van der Waals surface area contributed by atoms with Gasteiger partial charge in [0, 0.05) is 30.2 Å². The molecular weight excluding hydrogens is 238 g/mol. The first-order chi connectivity index (χ1) is 8.76. The highest BCUT2D eigenvalue weighted by Gasteiger charge is 2.39. The molecule has 0 aromatic carbocycles. The van der Waals surface area contributed by atoms with Crippen LogP contribution in [0.5, 0.6) is 0 Å². The van der Waals surface area contributed by atoms with E-state index >= 15 is 0 Å². The van der Waals surface area contributed by atoms with E-state index in [0.717, 1.165) is 19.0 Å². The van der Waals surface area contributed by atoms with Gasteiger partial charge in [-0.2, -0.15) is 0 Å². The Morgan fingerprint density at radius 3 is 2.47 bits per heavy atom. The van der Waals surface area contributed by atoms with Gasteiger partial charge in [0.05, 0.1) is 6.04 Å². The molecule has 110 valence electrons. The number of hydrogen-bond donors (Lipinski definition) is 2. The van der Waals surface area contributed by atoms with Gasteiger partial charge in [0.15, 0.2) is 0 Å². The highest BCUT2D eigenvalue weighted by Crippen LogP contribution is 2.33. The number of nitrogens with one attached hydrogen (secondary N) is 2. The predicted octanol–water partition coefficient (Wildman–Crippen LogP) is 1.50. The molecule has 4 nitrogen and oxygen atoms in total. The van der Waals surface area contributed by atoms with E-state index in [4.69, 9.17) is 0 Å². The summed E-state index contributed by atoms with van der Waals surface area (Å²) in [6.45, 7) is 11.4. The van der Waals surface area contributed by atoms with E-state index < -0.39 is 0 Å². The lowest BCUT2D eigenvalue weighted by Gasteiger charge is -2.25. The fourth-order valence-electron chi connectivity index (χ4n) is 3.00. The SMILES string of the molecule is CC(NC1CC(C)N(C2CC2)C1)C(=O)NC(C)(C)C. The molecule has 1 amide bonds. The molecule has 1 aliphatic heterocycles. The molecule has 0 aromatic rings. The van der Waals surface area contributed by atoms with Crippen molar-refractivity contribution in [1.29, 1.82) is 0 Å². The van der Waals surface area contributed by atoms with Gasteiger partial charge in [-0.15, -0.1) is 0 Å². The van der Waals surface area contributed by atoms with Gasteiger partial charge in [-0.3, -0.25) is 9.69 Å². The Balaban J connectivity index is 1.79. The fourth-order valence-corrected chi connectivity index (χ4v) is 3.00. The van der Waals surface area contributed by atoms with Crippen molar-refractivity contribution >= 4 is 5.91 Å². The largest absolute Gasteiger partial charge is 0.350 e. The van der Waals surface area contributed by atoms with Crippen molar-refractivity contribution in [2.45, 2.75) is 83.6 Å². The zero-order valence-electron chi connectivity index (χ0n) is 13.0. The minimum absolute atomic E-state index is 0.102. The van der Waals surface area contributed by atoms with Crippen LogP contribution < -0.4 is 10.6 Å². The molecule has 0 aromatic heterocycles. The van der Waals surface area contributed by atoms with Crippen LogP contribution in [0.1, 0.15) is 53.9 Å². The summed E-state index contributed by atoms with van der Waals surface area (Å²) in [5, 5.41) is 6.53. The molecule has 1 saturated carbocycles. The van der Waals surface area contributed by atoms with Gasteiger partial charge in [-0.25, -0.2) is 0 Å². The monoisotopic (exact) mass is 267 g/mol. The third kappa shape index (κ3) is 4.18. The lowest BCUT2D eigenvalue weighted by molar-refractivity contribution is -0.124. The van der Waals surface area contributed by atoms with Crippen LogP contribution in [0.25, 0.3) is 0 Å². The first kappa shape index (κ1) is 14.8. The van der Waals surface area contributed by atoms with Crippen molar-refractivity contribution in [3.8, 4) is 0 Å². The number of carbonyl (C=O) groups excluding carboxylic acids is 1. The Hall–Kier alpha value is -0.610. The number of carbonyl (C=O) groups is 1. The quantitative estimate of drug-likeness (QED) is 0.811. The van der Waals surface area contributed by atoms with Crippen LogP contribution in [0.15, 0.2) is 0 Å². The summed E-state index contributed by atoms with van der Waals surface area (Å²) in [4.78, 5) is 14.7. The predicted molar refractivity (Wildman–Crippen MR) is 78.1 cm³/mol. The third-order valence-electron chi connectivity index (χ3n) is 4.02. The Bertz CT molecular complexity index is 333. The van der Waals surface area contributed by atoms with Crippen LogP contribution in [-0.2, 0) is 4.79 Å². The molecule has 1 heterocycles. The minimum atomic E-state index is -0.157. The molecule has 19 heavy (non-hydrogen) atoms. The van der Waals surface area contributed by atoms with Crippen LogP contribution in [0, 0.1) is 0 Å². The standard InChI is InChI=1S/C15H29N3O/c1-10-8-12(9-18(10)13-6-7-13)16-11(2)14(19)17-15(3,4)5/h10-13,16H,6-9H2,1-5H3,(H,17,19). The van der Waals surface area contributed by atoms with E-state index in [9.17, 15) is 4.79 Å². The van der Waals surface area contributed by atoms with Crippen LogP contribution in [0.3, 0.4) is 0 Å². The van der Waals surface area contributed by atoms with Crippen LogP contribution >= 0.6 is 0 Å². The van der Waals surface area contributed by atoms with Crippen molar-refractivity contribution in [2.75, 3.05) is 6.54 Å². The average Bonchev–Trinajstić information content (AvgIpc) is 3.01. The summed E-state index contributed by atoms with van der Waals surface area (Å²) >= 11 is 0. The summed E-state index contributed by atoms with van der Waals surface area (Å²) in [7, 11) is 0. The summed E-state index contributed by atoms with van der Waals surface area (Å²) in [6.07, 6.45) is 3.87. The Morgan fingerprint density at radius 2 is 1.95 bits per heavy atom. The smallest absolute Gasteiger partial charge is 0.237 e. The van der Waals surface area contributed by atoms with E-state index in [1.165, 1.54) is 12.8 Å². The topological polar surface area (TPSA) is 44.4 Å². The summed E-state index contributed by atoms with van der Waals surface area (Å²) in [6, 6.07) is 1.82. The molecule has 0 spiro atoms. The van der Waals surface area contributed by atoms with Gasteiger partial charge < -0.3 is 10.6 Å². The number of hydrogen-bond acceptors (Lipinski definition) is 3. The maximum absolute atomic E-state index is 12.1. The van der Waals surface area contributed by atoms with E-state index in [1.54, 1.807) is 0 Å². The highest BCUT2D eigenvalue weighted by molar-refractivity contribution is 5.81. The molecule has 3 atom stereocenters. The third-order valence-corrected chi connectivity index (χ3v) is 4.02. The van der Waals surface area contributed by atoms with Crippen molar-refractivity contribution in [2.24, 2.45) is 0 Å². The normalized spacial score (nSPS) is 30.4. The molecule has 1 saturated heterocycles. The molecule has 2 N–H and O–H groups in total. The van der Waals surface area contributed by atoms with Crippen LogP contribution in [0.2, 0.25) is 0 Å². The molecule has 2 fully saturated rings. The fraction of sp³-hybridized carbons (Fsp3) is 0.933. The van der Waals surface area contributed by atoms with E-state index in [2.05, 4.69) is 22.5 Å². The van der Waals surface area contributed by atoms with Crippen molar-refractivity contribution in [3.05, 3.63) is 0 Å². The molecule has 4 heteroatoms. The summed E-state index contributed by atoms with van der Waals surface area (Å²) < 4.78 is 0. The second-order valence-electron chi connectivity index (χ2n) is 7.34. The number of nitrogens with zero attached hydrogens (tertiary/aromatic N) is 1. The Morgan fingerprint density at radius 1 is 1.32 bits per heavy atom. The van der Waals surface area contributed by atoms with Crippen molar-refractivity contribution in [3.63, 3.8) is 0 Å². The zero-order valence-corrected chi connectivity index (χ0v) is 13.0. The molecule has 1 aliphatic carbocycles. The average molecular weight is 267 g/mol. The number of rotatable bonds is 4. The number of likely N-dealkylation sites (tertiary alicyclic amines) is 1. The molecular formula is C15H29N3O. The summed E-state index contributed by atoms with van der Waals surface area (Å²) in [5.74, 6) is 0.102.